The van der Waals surface area contributed by atoms with Crippen molar-refractivity contribution >= 4 is 16.6 Å². The zero-order valence-corrected chi connectivity index (χ0v) is 10.1. The van der Waals surface area contributed by atoms with Gasteiger partial charge >= 0.3 is 0 Å². The van der Waals surface area contributed by atoms with Gasteiger partial charge in [-0.15, -0.1) is 0 Å². The van der Waals surface area contributed by atoms with Crippen LogP contribution in [0, 0.1) is 10.1 Å². The van der Waals surface area contributed by atoms with Gasteiger partial charge in [-0.05, 0) is 18.9 Å². The fourth-order valence-corrected chi connectivity index (χ4v) is 2.44. The van der Waals surface area contributed by atoms with Crippen LogP contribution in [-0.2, 0) is 6.54 Å². The topological polar surface area (TPSA) is 104 Å². The normalized spacial score (nSPS) is 18.3. The molecule has 0 saturated carbocycles. The van der Waals surface area contributed by atoms with Crippen LogP contribution >= 0.6 is 0 Å². The molecule has 1 atom stereocenters. The fraction of sp³-hybridized carbons (Fsp3) is 0.333. The van der Waals surface area contributed by atoms with Crippen molar-refractivity contribution in [3.05, 3.63) is 44.5 Å². The van der Waals surface area contributed by atoms with Crippen LogP contribution in [0.4, 0.5) is 5.69 Å². The SMILES string of the molecule is N[C@@H]1CCCn2c1nc1ccc([N+](=O)[O-])cc1c2=O. The molecule has 0 unspecified atom stereocenters. The average molecular weight is 260 g/mol. The number of nitrogens with zero attached hydrogens (tertiary/aromatic N) is 3. The van der Waals surface area contributed by atoms with Gasteiger partial charge in [0.15, 0.2) is 0 Å². The van der Waals surface area contributed by atoms with E-state index in [1.165, 1.54) is 22.8 Å². The van der Waals surface area contributed by atoms with E-state index in [0.717, 1.165) is 12.8 Å². The Morgan fingerprint density at radius 2 is 2.26 bits per heavy atom. The van der Waals surface area contributed by atoms with E-state index in [-0.39, 0.29) is 22.7 Å². The van der Waals surface area contributed by atoms with Gasteiger partial charge in [0, 0.05) is 18.7 Å². The molecule has 0 bridgehead atoms. The van der Waals surface area contributed by atoms with E-state index < -0.39 is 4.92 Å². The first-order valence-electron chi connectivity index (χ1n) is 6.02. The highest BCUT2D eigenvalue weighted by Gasteiger charge is 2.21. The average Bonchev–Trinajstić information content (AvgIpc) is 2.40. The second-order valence-electron chi connectivity index (χ2n) is 4.63. The summed E-state index contributed by atoms with van der Waals surface area (Å²) in [6.45, 7) is 0.563. The third kappa shape index (κ3) is 1.78. The second kappa shape index (κ2) is 4.13. The van der Waals surface area contributed by atoms with Crippen LogP contribution < -0.4 is 11.3 Å². The Bertz CT molecular complexity index is 738. The number of benzene rings is 1. The molecule has 2 heterocycles. The molecule has 2 N–H and O–H groups in total. The molecule has 0 fully saturated rings. The summed E-state index contributed by atoms with van der Waals surface area (Å²) in [5.74, 6) is 0.567. The van der Waals surface area contributed by atoms with Crippen LogP contribution in [0.3, 0.4) is 0 Å². The number of hydrogen-bond acceptors (Lipinski definition) is 5. The van der Waals surface area contributed by atoms with Gasteiger partial charge in [-0.1, -0.05) is 0 Å². The van der Waals surface area contributed by atoms with E-state index in [2.05, 4.69) is 4.98 Å². The van der Waals surface area contributed by atoms with Crippen LogP contribution in [0.5, 0.6) is 0 Å². The number of non-ortho nitro benzene ring substituents is 1. The molecule has 2 aromatic rings. The lowest BCUT2D eigenvalue weighted by atomic mass is 10.1. The summed E-state index contributed by atoms with van der Waals surface area (Å²) < 4.78 is 1.53. The van der Waals surface area contributed by atoms with Crippen molar-refractivity contribution in [1.82, 2.24) is 9.55 Å². The number of nitrogens with two attached hydrogens (primary N) is 1. The van der Waals surface area contributed by atoms with E-state index in [1.807, 2.05) is 0 Å². The first-order valence-corrected chi connectivity index (χ1v) is 6.02. The van der Waals surface area contributed by atoms with Crippen LogP contribution in [0.2, 0.25) is 0 Å². The van der Waals surface area contributed by atoms with Gasteiger partial charge in [-0.3, -0.25) is 19.5 Å². The molecule has 0 saturated heterocycles. The van der Waals surface area contributed by atoms with Crippen LogP contribution in [0.15, 0.2) is 23.0 Å². The number of aromatic nitrogens is 2. The fourth-order valence-electron chi connectivity index (χ4n) is 2.44. The Hall–Kier alpha value is -2.28. The van der Waals surface area contributed by atoms with Gasteiger partial charge < -0.3 is 5.73 Å². The summed E-state index contributed by atoms with van der Waals surface area (Å²) in [7, 11) is 0. The molecule has 7 heteroatoms. The summed E-state index contributed by atoms with van der Waals surface area (Å²) in [5, 5.41) is 11.0. The third-order valence-electron chi connectivity index (χ3n) is 3.41. The zero-order valence-electron chi connectivity index (χ0n) is 10.1. The molecule has 0 spiro atoms. The number of fused-ring (bicyclic) bond motifs is 2. The molecule has 1 aliphatic heterocycles. The van der Waals surface area contributed by atoms with Crippen molar-refractivity contribution < 1.29 is 4.92 Å². The van der Waals surface area contributed by atoms with E-state index >= 15 is 0 Å². The highest BCUT2D eigenvalue weighted by Crippen LogP contribution is 2.23. The van der Waals surface area contributed by atoms with Gasteiger partial charge in [0.25, 0.3) is 11.2 Å². The van der Waals surface area contributed by atoms with Crippen molar-refractivity contribution in [1.29, 1.82) is 0 Å². The van der Waals surface area contributed by atoms with E-state index in [9.17, 15) is 14.9 Å². The zero-order chi connectivity index (χ0) is 13.6. The van der Waals surface area contributed by atoms with Crippen LogP contribution in [-0.4, -0.2) is 14.5 Å². The van der Waals surface area contributed by atoms with Crippen molar-refractivity contribution in [3.8, 4) is 0 Å². The second-order valence-corrected chi connectivity index (χ2v) is 4.63. The van der Waals surface area contributed by atoms with Crippen molar-refractivity contribution in [2.75, 3.05) is 0 Å². The largest absolute Gasteiger partial charge is 0.321 e. The van der Waals surface area contributed by atoms with Crippen molar-refractivity contribution in [2.45, 2.75) is 25.4 Å². The third-order valence-corrected chi connectivity index (χ3v) is 3.41. The van der Waals surface area contributed by atoms with Gasteiger partial charge in [0.1, 0.15) is 5.82 Å². The quantitative estimate of drug-likeness (QED) is 0.610. The Labute approximate surface area is 107 Å². The smallest absolute Gasteiger partial charge is 0.270 e. The van der Waals surface area contributed by atoms with Crippen LogP contribution in [0.25, 0.3) is 10.9 Å². The van der Waals surface area contributed by atoms with Gasteiger partial charge in [0.2, 0.25) is 0 Å². The summed E-state index contributed by atoms with van der Waals surface area (Å²) in [6.07, 6.45) is 1.61. The number of hydrogen-bond donors (Lipinski definition) is 1. The maximum absolute atomic E-state index is 12.3. The lowest BCUT2D eigenvalue weighted by molar-refractivity contribution is -0.384. The highest BCUT2D eigenvalue weighted by atomic mass is 16.6. The molecular weight excluding hydrogens is 248 g/mol. The summed E-state index contributed by atoms with van der Waals surface area (Å²) in [5.41, 5.74) is 6.06. The number of nitro benzene ring substituents is 1. The maximum atomic E-state index is 12.3. The highest BCUT2D eigenvalue weighted by molar-refractivity contribution is 5.80. The van der Waals surface area contributed by atoms with Gasteiger partial charge in [0.05, 0.1) is 21.9 Å². The molecular formula is C12H12N4O3. The van der Waals surface area contributed by atoms with E-state index in [1.54, 1.807) is 0 Å². The molecule has 0 amide bonds. The minimum atomic E-state index is -0.519. The molecule has 1 aromatic carbocycles. The predicted octanol–water partition coefficient (Wildman–Crippen LogP) is 1.10. The van der Waals surface area contributed by atoms with Gasteiger partial charge in [-0.25, -0.2) is 4.98 Å². The van der Waals surface area contributed by atoms with E-state index in [4.69, 9.17) is 5.73 Å². The Morgan fingerprint density at radius 3 is 3.00 bits per heavy atom. The molecule has 1 aliphatic rings. The van der Waals surface area contributed by atoms with Crippen molar-refractivity contribution in [2.24, 2.45) is 5.73 Å². The minimum absolute atomic E-state index is 0.105. The first-order chi connectivity index (χ1) is 9.08. The predicted molar refractivity (Wildman–Crippen MR) is 68.8 cm³/mol. The lowest BCUT2D eigenvalue weighted by Crippen LogP contribution is -2.33. The number of rotatable bonds is 1. The maximum Gasteiger partial charge on any atom is 0.270 e. The molecule has 19 heavy (non-hydrogen) atoms. The Morgan fingerprint density at radius 1 is 1.47 bits per heavy atom. The standard InChI is InChI=1S/C12H12N4O3/c13-9-2-1-5-15-11(9)14-10-4-3-7(16(18)19)6-8(10)12(15)17/h3-4,6,9H,1-2,5,13H2/t9-/m1/s1. The molecule has 98 valence electrons. The molecule has 7 nitrogen and oxygen atoms in total. The van der Waals surface area contributed by atoms with Crippen molar-refractivity contribution in [3.63, 3.8) is 0 Å². The van der Waals surface area contributed by atoms with Crippen LogP contribution in [0.1, 0.15) is 24.7 Å². The Kier molecular flexibility index (Phi) is 2.56. The summed E-state index contributed by atoms with van der Waals surface area (Å²) in [6, 6.07) is 3.87. The first kappa shape index (κ1) is 11.8. The summed E-state index contributed by atoms with van der Waals surface area (Å²) in [4.78, 5) is 26.9. The molecule has 0 radical (unpaired) electrons. The molecule has 1 aromatic heterocycles. The lowest BCUT2D eigenvalue weighted by Gasteiger charge is -2.23. The molecule has 0 aliphatic carbocycles. The molecule has 3 rings (SSSR count). The monoisotopic (exact) mass is 260 g/mol. The van der Waals surface area contributed by atoms with Gasteiger partial charge in [-0.2, -0.15) is 0 Å². The van der Waals surface area contributed by atoms with E-state index in [0.29, 0.717) is 17.9 Å². The number of nitro groups is 1. The Balaban J connectivity index is 2.33. The summed E-state index contributed by atoms with van der Waals surface area (Å²) >= 11 is 0. The minimum Gasteiger partial charge on any atom is -0.321 e.